The fourth-order valence-electron chi connectivity index (χ4n) is 2.67. The molecule has 9 nitrogen and oxygen atoms in total. The monoisotopic (exact) mass is 393 g/mol. The molecule has 10 heteroatoms. The van der Waals surface area contributed by atoms with Gasteiger partial charge in [-0.2, -0.15) is 0 Å². The first-order valence-electron chi connectivity index (χ1n) is 8.26. The first-order valence-corrected chi connectivity index (χ1v) is 9.74. The highest BCUT2D eigenvalue weighted by Gasteiger charge is 2.26. The Bertz CT molecular complexity index is 1010. The number of nitrogens with zero attached hydrogens (tertiary/aromatic N) is 1. The van der Waals surface area contributed by atoms with E-state index in [1.165, 1.54) is 18.2 Å². The number of ether oxygens (including phenoxy) is 1. The van der Waals surface area contributed by atoms with Crippen molar-refractivity contribution in [3.8, 4) is 5.75 Å². The zero-order valence-electron chi connectivity index (χ0n) is 15.0. The summed E-state index contributed by atoms with van der Waals surface area (Å²) in [4.78, 5) is 23.5. The molecule has 1 aromatic carbocycles. The summed E-state index contributed by atoms with van der Waals surface area (Å²) >= 11 is 0. The average Bonchev–Trinajstić information content (AvgIpc) is 3.01. The quantitative estimate of drug-likeness (QED) is 0.790. The summed E-state index contributed by atoms with van der Waals surface area (Å²) < 4.78 is 37.4. The highest BCUT2D eigenvalue weighted by Crippen LogP contribution is 2.32. The van der Waals surface area contributed by atoms with Gasteiger partial charge in [-0.3, -0.25) is 9.59 Å². The normalized spacial score (nSPS) is 13.7. The van der Waals surface area contributed by atoms with E-state index in [0.717, 1.165) is 0 Å². The van der Waals surface area contributed by atoms with Crippen molar-refractivity contribution in [2.75, 3.05) is 11.9 Å². The highest BCUT2D eigenvalue weighted by molar-refractivity contribution is 7.90. The molecule has 0 atom stereocenters. The van der Waals surface area contributed by atoms with Gasteiger partial charge in [-0.1, -0.05) is 19.0 Å². The second kappa shape index (κ2) is 7.03. The van der Waals surface area contributed by atoms with Gasteiger partial charge >= 0.3 is 5.91 Å². The van der Waals surface area contributed by atoms with Gasteiger partial charge in [0.25, 0.3) is 15.9 Å². The van der Waals surface area contributed by atoms with Crippen LogP contribution in [-0.4, -0.2) is 32.0 Å². The Hall–Kier alpha value is -2.88. The zero-order valence-corrected chi connectivity index (χ0v) is 15.8. The number of fused-ring (bicyclic) bond motifs is 1. The number of aromatic nitrogens is 1. The predicted molar refractivity (Wildman–Crippen MR) is 95.0 cm³/mol. The van der Waals surface area contributed by atoms with Gasteiger partial charge in [-0.15, -0.1) is 0 Å². The Labute approximate surface area is 156 Å². The van der Waals surface area contributed by atoms with E-state index >= 15 is 0 Å². The van der Waals surface area contributed by atoms with Gasteiger partial charge in [0.15, 0.2) is 6.61 Å². The third-order valence-corrected chi connectivity index (χ3v) is 5.30. The van der Waals surface area contributed by atoms with Crippen molar-refractivity contribution in [2.24, 2.45) is 5.92 Å². The lowest BCUT2D eigenvalue weighted by Gasteiger charge is -2.20. The van der Waals surface area contributed by atoms with Crippen molar-refractivity contribution in [1.82, 2.24) is 9.88 Å². The molecule has 0 saturated carbocycles. The zero-order chi connectivity index (χ0) is 19.8. The van der Waals surface area contributed by atoms with Crippen LogP contribution in [-0.2, 0) is 21.2 Å². The average molecular weight is 393 g/mol. The van der Waals surface area contributed by atoms with Crippen LogP contribution in [0.2, 0.25) is 0 Å². The summed E-state index contributed by atoms with van der Waals surface area (Å²) in [5, 5.41) is 6.37. The fourth-order valence-corrected chi connectivity index (χ4v) is 3.87. The van der Waals surface area contributed by atoms with Crippen molar-refractivity contribution < 1.29 is 27.3 Å². The number of amides is 2. The van der Waals surface area contributed by atoms with Crippen LogP contribution in [0, 0.1) is 12.8 Å². The van der Waals surface area contributed by atoms with Crippen LogP contribution in [0.1, 0.15) is 35.7 Å². The lowest BCUT2D eigenvalue weighted by molar-refractivity contribution is -0.118. The van der Waals surface area contributed by atoms with Gasteiger partial charge in [0.05, 0.1) is 16.3 Å². The Morgan fingerprint density at radius 2 is 2.07 bits per heavy atom. The van der Waals surface area contributed by atoms with Gasteiger partial charge in [0.2, 0.25) is 5.76 Å². The Morgan fingerprint density at radius 3 is 2.78 bits per heavy atom. The van der Waals surface area contributed by atoms with E-state index < -0.39 is 15.9 Å². The van der Waals surface area contributed by atoms with Gasteiger partial charge in [0, 0.05) is 12.1 Å². The van der Waals surface area contributed by atoms with Crippen LogP contribution >= 0.6 is 0 Å². The van der Waals surface area contributed by atoms with E-state index in [9.17, 15) is 18.0 Å². The number of anilines is 1. The van der Waals surface area contributed by atoms with Crippen LogP contribution in [0.5, 0.6) is 5.75 Å². The lowest BCUT2D eigenvalue weighted by Crippen LogP contribution is -2.31. The molecule has 1 aliphatic heterocycles. The Balaban J connectivity index is 1.83. The molecular weight excluding hydrogens is 374 g/mol. The minimum Gasteiger partial charge on any atom is -0.482 e. The molecule has 0 spiro atoms. The smallest absolute Gasteiger partial charge is 0.303 e. The summed E-state index contributed by atoms with van der Waals surface area (Å²) in [5.41, 5.74) is 1.29. The van der Waals surface area contributed by atoms with E-state index in [1.54, 1.807) is 6.92 Å². The van der Waals surface area contributed by atoms with Gasteiger partial charge in [-0.05, 0) is 30.9 Å². The Morgan fingerprint density at radius 1 is 1.33 bits per heavy atom. The molecule has 0 bridgehead atoms. The first-order chi connectivity index (χ1) is 12.7. The maximum absolute atomic E-state index is 12.6. The summed E-state index contributed by atoms with van der Waals surface area (Å²) in [7, 11) is -4.18. The number of carbonyl (C=O) groups excluding carboxylic acids is 2. The molecule has 1 aliphatic rings. The largest absolute Gasteiger partial charge is 0.482 e. The van der Waals surface area contributed by atoms with E-state index in [1.807, 2.05) is 18.6 Å². The molecule has 1 aromatic heterocycles. The second-order valence-corrected chi connectivity index (χ2v) is 8.32. The number of benzene rings is 1. The number of sulfonamides is 1. The Kier molecular flexibility index (Phi) is 4.92. The molecule has 0 aliphatic carbocycles. The SMILES string of the molecule is Cc1cc2c(cc1S(=O)(=O)NC(=O)c1cc(CC(C)C)no1)OCC(=O)N2. The summed E-state index contributed by atoms with van der Waals surface area (Å²) in [6.07, 6.45) is 0.608. The molecule has 3 rings (SSSR count). The van der Waals surface area contributed by atoms with Crippen LogP contribution in [0.4, 0.5) is 5.69 Å². The van der Waals surface area contributed by atoms with Crippen molar-refractivity contribution in [1.29, 1.82) is 0 Å². The summed E-state index contributed by atoms with van der Waals surface area (Å²) in [5.74, 6) is -0.897. The molecule has 0 unspecified atom stereocenters. The molecule has 144 valence electrons. The van der Waals surface area contributed by atoms with Crippen LogP contribution < -0.4 is 14.8 Å². The molecule has 0 fully saturated rings. The van der Waals surface area contributed by atoms with Gasteiger partial charge < -0.3 is 14.6 Å². The van der Waals surface area contributed by atoms with Gasteiger partial charge in [-0.25, -0.2) is 13.1 Å². The van der Waals surface area contributed by atoms with Gasteiger partial charge in [0.1, 0.15) is 5.75 Å². The number of aryl methyl sites for hydroxylation is 1. The van der Waals surface area contributed by atoms with Crippen molar-refractivity contribution in [3.05, 3.63) is 35.2 Å². The number of nitrogens with one attached hydrogen (secondary N) is 2. The second-order valence-electron chi connectivity index (χ2n) is 6.67. The number of carbonyl (C=O) groups is 2. The third-order valence-electron chi connectivity index (χ3n) is 3.83. The maximum Gasteiger partial charge on any atom is 0.303 e. The summed E-state index contributed by atoms with van der Waals surface area (Å²) in [6, 6.07) is 4.16. The first kappa shape index (κ1) is 18.9. The fraction of sp³-hybridized carbons (Fsp3) is 0.353. The van der Waals surface area contributed by atoms with E-state index in [4.69, 9.17) is 9.26 Å². The van der Waals surface area contributed by atoms with E-state index in [2.05, 4.69) is 10.5 Å². The third kappa shape index (κ3) is 4.11. The van der Waals surface area contributed by atoms with Crippen molar-refractivity contribution in [3.63, 3.8) is 0 Å². The van der Waals surface area contributed by atoms with Crippen LogP contribution in [0.25, 0.3) is 0 Å². The predicted octanol–water partition coefficient (Wildman–Crippen LogP) is 1.63. The lowest BCUT2D eigenvalue weighted by atomic mass is 10.1. The molecule has 2 N–H and O–H groups in total. The topological polar surface area (TPSA) is 128 Å². The van der Waals surface area contributed by atoms with E-state index in [-0.39, 0.29) is 28.9 Å². The van der Waals surface area contributed by atoms with Crippen molar-refractivity contribution in [2.45, 2.75) is 32.1 Å². The number of rotatable bonds is 5. The molecular formula is C17H19N3O6S. The number of hydrogen-bond acceptors (Lipinski definition) is 7. The van der Waals surface area contributed by atoms with Crippen LogP contribution in [0.15, 0.2) is 27.6 Å². The van der Waals surface area contributed by atoms with Crippen LogP contribution in [0.3, 0.4) is 0 Å². The molecule has 0 saturated heterocycles. The molecule has 2 heterocycles. The number of hydrogen-bond donors (Lipinski definition) is 2. The highest BCUT2D eigenvalue weighted by atomic mass is 32.2. The van der Waals surface area contributed by atoms with Crippen molar-refractivity contribution >= 4 is 27.5 Å². The maximum atomic E-state index is 12.6. The minimum absolute atomic E-state index is 0.132. The standard InChI is InChI=1S/C17H19N3O6S/c1-9(2)4-11-6-14(26-19-11)17(22)20-27(23,24)15-7-13-12(5-10(15)3)18-16(21)8-25-13/h5-7,9H,4,8H2,1-3H3,(H,18,21)(H,20,22). The van der Waals surface area contributed by atoms with E-state index in [0.29, 0.717) is 29.3 Å². The molecule has 27 heavy (non-hydrogen) atoms. The molecule has 2 amide bonds. The minimum atomic E-state index is -4.18. The molecule has 0 radical (unpaired) electrons. The summed E-state index contributed by atoms with van der Waals surface area (Å²) in [6.45, 7) is 5.32. The molecule has 2 aromatic rings.